The third kappa shape index (κ3) is 3.67. The van der Waals surface area contributed by atoms with E-state index >= 15 is 0 Å². The number of H-pyrrole nitrogens is 1. The summed E-state index contributed by atoms with van der Waals surface area (Å²) >= 11 is 0. The number of allylic oxidation sites excluding steroid dienone is 3. The number of hydrogen-bond donors (Lipinski definition) is 2. The summed E-state index contributed by atoms with van der Waals surface area (Å²) in [4.78, 5) is 11.6. The molecule has 0 bridgehead atoms. The van der Waals surface area contributed by atoms with Crippen molar-refractivity contribution in [1.29, 1.82) is 0 Å². The Balaban J connectivity index is 2.01. The fourth-order valence-corrected chi connectivity index (χ4v) is 1.59. The lowest BCUT2D eigenvalue weighted by atomic mass is 10.1. The van der Waals surface area contributed by atoms with Crippen LogP contribution < -0.4 is 5.32 Å². The van der Waals surface area contributed by atoms with Gasteiger partial charge in [-0.1, -0.05) is 30.4 Å². The van der Waals surface area contributed by atoms with E-state index in [9.17, 15) is 4.79 Å². The minimum absolute atomic E-state index is 0.146. The van der Waals surface area contributed by atoms with E-state index < -0.39 is 0 Å². The minimum atomic E-state index is -0.146. The summed E-state index contributed by atoms with van der Waals surface area (Å²) < 4.78 is 0. The van der Waals surface area contributed by atoms with Gasteiger partial charge in [0, 0.05) is 18.0 Å². The first kappa shape index (κ1) is 12.8. The van der Waals surface area contributed by atoms with E-state index in [1.54, 1.807) is 18.3 Å². The van der Waals surface area contributed by atoms with Gasteiger partial charge in [-0.3, -0.25) is 9.89 Å². The molecular formula is C15H15N3O. The summed E-state index contributed by atoms with van der Waals surface area (Å²) in [7, 11) is 0. The lowest BCUT2D eigenvalue weighted by molar-refractivity contribution is -0.111. The van der Waals surface area contributed by atoms with Gasteiger partial charge in [-0.15, -0.1) is 0 Å². The lowest BCUT2D eigenvalue weighted by Crippen LogP contribution is -2.07. The molecule has 19 heavy (non-hydrogen) atoms. The van der Waals surface area contributed by atoms with Gasteiger partial charge in [0.05, 0.1) is 5.69 Å². The summed E-state index contributed by atoms with van der Waals surface area (Å²) in [5, 5.41) is 9.58. The largest absolute Gasteiger partial charge is 0.323 e. The standard InChI is InChI=1S/C15H15N3O/c1-2-3-4-5-15(19)17-13-8-6-12(7-9-13)14-10-11-16-18-14/h2-11H,1H3,(H,16,18)(H,17,19). The van der Waals surface area contributed by atoms with E-state index in [0.717, 1.165) is 16.9 Å². The fourth-order valence-electron chi connectivity index (χ4n) is 1.59. The third-order valence-electron chi connectivity index (χ3n) is 2.52. The van der Waals surface area contributed by atoms with Gasteiger partial charge >= 0.3 is 0 Å². The van der Waals surface area contributed by atoms with Gasteiger partial charge in [0.15, 0.2) is 0 Å². The number of nitrogens with zero attached hydrogens (tertiary/aromatic N) is 1. The molecule has 4 heteroatoms. The summed E-state index contributed by atoms with van der Waals surface area (Å²) in [6.45, 7) is 1.90. The van der Waals surface area contributed by atoms with Crippen LogP contribution in [0.25, 0.3) is 11.3 Å². The monoisotopic (exact) mass is 253 g/mol. The maximum absolute atomic E-state index is 11.6. The number of rotatable bonds is 4. The first-order valence-corrected chi connectivity index (χ1v) is 6.00. The Labute approximate surface area is 111 Å². The van der Waals surface area contributed by atoms with Crippen molar-refractivity contribution in [3.63, 3.8) is 0 Å². The molecule has 0 saturated carbocycles. The van der Waals surface area contributed by atoms with Crippen molar-refractivity contribution in [3.05, 3.63) is 60.8 Å². The van der Waals surface area contributed by atoms with E-state index in [2.05, 4.69) is 15.5 Å². The van der Waals surface area contributed by atoms with Gasteiger partial charge in [-0.2, -0.15) is 5.10 Å². The Morgan fingerprint density at radius 2 is 2.00 bits per heavy atom. The average molecular weight is 253 g/mol. The molecule has 1 heterocycles. The minimum Gasteiger partial charge on any atom is -0.323 e. The zero-order chi connectivity index (χ0) is 13.5. The van der Waals surface area contributed by atoms with Crippen molar-refractivity contribution in [2.45, 2.75) is 6.92 Å². The molecule has 0 aliphatic carbocycles. The van der Waals surface area contributed by atoms with Crippen molar-refractivity contribution in [2.24, 2.45) is 0 Å². The number of aromatic nitrogens is 2. The van der Waals surface area contributed by atoms with Crippen LogP contribution in [-0.4, -0.2) is 16.1 Å². The molecule has 2 N–H and O–H groups in total. The van der Waals surface area contributed by atoms with Gasteiger partial charge in [0.25, 0.3) is 0 Å². The van der Waals surface area contributed by atoms with Crippen LogP contribution in [0.3, 0.4) is 0 Å². The van der Waals surface area contributed by atoms with Crippen LogP contribution in [0.1, 0.15) is 6.92 Å². The predicted molar refractivity (Wildman–Crippen MR) is 76.6 cm³/mol. The number of benzene rings is 1. The highest BCUT2D eigenvalue weighted by molar-refractivity contribution is 5.99. The molecule has 1 amide bonds. The van der Waals surface area contributed by atoms with Crippen LogP contribution >= 0.6 is 0 Å². The molecule has 1 aromatic carbocycles. The first-order chi connectivity index (χ1) is 9.29. The normalized spacial score (nSPS) is 11.2. The molecular weight excluding hydrogens is 238 g/mol. The number of aromatic amines is 1. The smallest absolute Gasteiger partial charge is 0.248 e. The molecule has 0 radical (unpaired) electrons. The SMILES string of the molecule is CC=CC=CC(=O)Nc1ccc(-c2ccn[nH]2)cc1. The number of carbonyl (C=O) groups excluding carboxylic acids is 1. The van der Waals surface area contributed by atoms with Gasteiger partial charge in [0.2, 0.25) is 5.91 Å². The number of nitrogens with one attached hydrogen (secondary N) is 2. The van der Waals surface area contributed by atoms with Gasteiger partial charge < -0.3 is 5.32 Å². The molecule has 2 rings (SSSR count). The summed E-state index contributed by atoms with van der Waals surface area (Å²) in [5.41, 5.74) is 2.74. The Morgan fingerprint density at radius 1 is 1.21 bits per heavy atom. The van der Waals surface area contributed by atoms with Crippen LogP contribution in [-0.2, 0) is 4.79 Å². The van der Waals surface area contributed by atoms with Crippen LogP contribution in [0.4, 0.5) is 5.69 Å². The van der Waals surface area contributed by atoms with Crippen LogP contribution in [0, 0.1) is 0 Å². The first-order valence-electron chi connectivity index (χ1n) is 6.00. The number of hydrogen-bond acceptors (Lipinski definition) is 2. The van der Waals surface area contributed by atoms with Crippen molar-refractivity contribution < 1.29 is 4.79 Å². The van der Waals surface area contributed by atoms with Gasteiger partial charge in [-0.05, 0) is 30.7 Å². The van der Waals surface area contributed by atoms with Crippen molar-refractivity contribution in [3.8, 4) is 11.3 Å². The Hall–Kier alpha value is -2.62. The van der Waals surface area contributed by atoms with Crippen molar-refractivity contribution in [1.82, 2.24) is 10.2 Å². The van der Waals surface area contributed by atoms with Crippen molar-refractivity contribution >= 4 is 11.6 Å². The molecule has 1 aromatic heterocycles. The second-order valence-corrected chi connectivity index (χ2v) is 3.92. The van der Waals surface area contributed by atoms with E-state index in [1.165, 1.54) is 6.08 Å². The maximum Gasteiger partial charge on any atom is 0.248 e. The molecule has 2 aromatic rings. The Bertz CT molecular complexity index is 580. The molecule has 0 spiro atoms. The molecule has 4 nitrogen and oxygen atoms in total. The second-order valence-electron chi connectivity index (χ2n) is 3.92. The van der Waals surface area contributed by atoms with E-state index in [1.807, 2.05) is 43.3 Å². The highest BCUT2D eigenvalue weighted by Crippen LogP contribution is 2.18. The second kappa shape index (κ2) is 6.35. The zero-order valence-corrected chi connectivity index (χ0v) is 10.6. The molecule has 0 saturated heterocycles. The molecule has 0 aliphatic heterocycles. The average Bonchev–Trinajstić information content (AvgIpc) is 2.94. The van der Waals surface area contributed by atoms with E-state index in [0.29, 0.717) is 0 Å². The number of carbonyl (C=O) groups is 1. The Morgan fingerprint density at radius 3 is 2.63 bits per heavy atom. The number of anilines is 1. The summed E-state index contributed by atoms with van der Waals surface area (Å²) in [6.07, 6.45) is 8.57. The molecule has 0 fully saturated rings. The highest BCUT2D eigenvalue weighted by Gasteiger charge is 2.00. The van der Waals surface area contributed by atoms with E-state index in [4.69, 9.17) is 0 Å². The quantitative estimate of drug-likeness (QED) is 0.649. The summed E-state index contributed by atoms with van der Waals surface area (Å²) in [6, 6.07) is 9.47. The topological polar surface area (TPSA) is 57.8 Å². The predicted octanol–water partition coefficient (Wildman–Crippen LogP) is 3.15. The fraction of sp³-hybridized carbons (Fsp3) is 0.0667. The lowest BCUT2D eigenvalue weighted by Gasteiger charge is -2.03. The molecule has 0 atom stereocenters. The van der Waals surface area contributed by atoms with E-state index in [-0.39, 0.29) is 5.91 Å². The third-order valence-corrected chi connectivity index (χ3v) is 2.52. The molecule has 0 aliphatic rings. The molecule has 0 unspecified atom stereocenters. The van der Waals surface area contributed by atoms with Gasteiger partial charge in [-0.25, -0.2) is 0 Å². The maximum atomic E-state index is 11.6. The van der Waals surface area contributed by atoms with Crippen LogP contribution in [0.15, 0.2) is 60.8 Å². The zero-order valence-electron chi connectivity index (χ0n) is 10.6. The van der Waals surface area contributed by atoms with Crippen LogP contribution in [0.2, 0.25) is 0 Å². The van der Waals surface area contributed by atoms with Crippen LogP contribution in [0.5, 0.6) is 0 Å². The van der Waals surface area contributed by atoms with Gasteiger partial charge in [0.1, 0.15) is 0 Å². The summed E-state index contributed by atoms with van der Waals surface area (Å²) in [5.74, 6) is -0.146. The Kier molecular flexibility index (Phi) is 4.29. The molecule has 96 valence electrons. The number of amides is 1. The van der Waals surface area contributed by atoms with Crippen molar-refractivity contribution in [2.75, 3.05) is 5.32 Å². The highest BCUT2D eigenvalue weighted by atomic mass is 16.1.